The van der Waals surface area contributed by atoms with Crippen LogP contribution in [0.15, 0.2) is 18.5 Å². The lowest BCUT2D eigenvalue weighted by Gasteiger charge is -2.23. The molecular weight excluding hydrogens is 244 g/mol. The van der Waals surface area contributed by atoms with Crippen LogP contribution in [0.2, 0.25) is 0 Å². The fourth-order valence-corrected chi connectivity index (χ4v) is 2.14. The van der Waals surface area contributed by atoms with E-state index in [0.29, 0.717) is 19.3 Å². The van der Waals surface area contributed by atoms with Crippen molar-refractivity contribution in [2.45, 2.75) is 31.9 Å². The summed E-state index contributed by atoms with van der Waals surface area (Å²) in [5, 5.41) is 10.2. The highest BCUT2D eigenvalue weighted by atomic mass is 16.5. The molecule has 1 aromatic rings. The maximum atomic E-state index is 11.9. The van der Waals surface area contributed by atoms with Gasteiger partial charge in [0, 0.05) is 18.9 Å². The van der Waals surface area contributed by atoms with Gasteiger partial charge in [0.25, 0.3) is 0 Å². The van der Waals surface area contributed by atoms with Gasteiger partial charge in [-0.25, -0.2) is 0 Å². The minimum absolute atomic E-state index is 0.0300. The molecule has 6 nitrogen and oxygen atoms in total. The molecule has 1 aromatic heterocycles. The molecule has 1 aliphatic heterocycles. The number of aromatic nitrogens is 2. The zero-order chi connectivity index (χ0) is 13.5. The molecule has 106 valence electrons. The topological polar surface area (TPSA) is 68.2 Å². The third-order valence-electron chi connectivity index (χ3n) is 3.34. The van der Waals surface area contributed by atoms with Crippen LogP contribution >= 0.6 is 0 Å². The van der Waals surface area contributed by atoms with Crippen molar-refractivity contribution in [1.82, 2.24) is 20.4 Å². The molecule has 1 unspecified atom stereocenters. The van der Waals surface area contributed by atoms with Crippen LogP contribution in [-0.2, 0) is 9.53 Å². The van der Waals surface area contributed by atoms with E-state index in [1.165, 1.54) is 0 Å². The molecule has 1 aliphatic rings. The lowest BCUT2D eigenvalue weighted by molar-refractivity contribution is -0.124. The van der Waals surface area contributed by atoms with E-state index in [1.54, 1.807) is 17.1 Å². The molecule has 0 saturated carbocycles. The van der Waals surface area contributed by atoms with E-state index in [4.69, 9.17) is 4.74 Å². The molecule has 2 rings (SSSR count). The summed E-state index contributed by atoms with van der Waals surface area (Å²) in [4.78, 5) is 11.9. The van der Waals surface area contributed by atoms with E-state index in [-0.39, 0.29) is 11.9 Å². The Morgan fingerprint density at radius 2 is 2.37 bits per heavy atom. The quantitative estimate of drug-likeness (QED) is 0.728. The molecule has 6 heteroatoms. The maximum absolute atomic E-state index is 11.9. The van der Waals surface area contributed by atoms with Gasteiger partial charge in [0.05, 0.1) is 12.7 Å². The number of nitrogens with one attached hydrogen (secondary N) is 2. The number of ether oxygens (including phenoxy) is 1. The number of hydrogen-bond donors (Lipinski definition) is 2. The van der Waals surface area contributed by atoms with Crippen LogP contribution in [0.25, 0.3) is 0 Å². The van der Waals surface area contributed by atoms with E-state index in [0.717, 1.165) is 25.9 Å². The van der Waals surface area contributed by atoms with Crippen molar-refractivity contribution in [3.63, 3.8) is 0 Å². The number of piperidine rings is 1. The molecule has 0 radical (unpaired) electrons. The molecule has 0 bridgehead atoms. The van der Waals surface area contributed by atoms with Gasteiger partial charge in [-0.2, -0.15) is 5.10 Å². The number of hydrogen-bond acceptors (Lipinski definition) is 4. The molecule has 19 heavy (non-hydrogen) atoms. The number of nitrogens with zero attached hydrogens (tertiary/aromatic N) is 2. The molecule has 2 N–H and O–H groups in total. The lowest BCUT2D eigenvalue weighted by atomic mass is 10.1. The Morgan fingerprint density at radius 1 is 1.58 bits per heavy atom. The van der Waals surface area contributed by atoms with Gasteiger partial charge in [-0.15, -0.1) is 0 Å². The summed E-state index contributed by atoms with van der Waals surface area (Å²) in [5.41, 5.74) is 0. The molecule has 0 spiro atoms. The smallest absolute Gasteiger partial charge is 0.244 e. The zero-order valence-electron chi connectivity index (χ0n) is 11.3. The summed E-state index contributed by atoms with van der Waals surface area (Å²) in [6.07, 6.45) is 5.90. The first-order chi connectivity index (χ1) is 9.27. The van der Waals surface area contributed by atoms with Gasteiger partial charge in [-0.1, -0.05) is 0 Å². The number of rotatable bonds is 6. The predicted molar refractivity (Wildman–Crippen MR) is 71.8 cm³/mol. The Hall–Kier alpha value is -1.40. The third-order valence-corrected chi connectivity index (χ3v) is 3.34. The molecule has 1 amide bonds. The Kier molecular flexibility index (Phi) is 5.35. The lowest BCUT2D eigenvalue weighted by Crippen LogP contribution is -2.36. The Balaban J connectivity index is 1.61. The van der Waals surface area contributed by atoms with Crippen molar-refractivity contribution in [3.05, 3.63) is 18.5 Å². The fraction of sp³-hybridized carbons (Fsp3) is 0.692. The van der Waals surface area contributed by atoms with Crippen molar-refractivity contribution in [3.8, 4) is 0 Å². The predicted octanol–water partition coefficient (Wildman–Crippen LogP) is 0.329. The SMILES string of the molecule is CC(C(=O)NCCOC1CCNCC1)n1cccn1. The molecular formula is C13H22N4O2. The van der Waals surface area contributed by atoms with Gasteiger partial charge in [0.15, 0.2) is 0 Å². The van der Waals surface area contributed by atoms with Crippen molar-refractivity contribution < 1.29 is 9.53 Å². The van der Waals surface area contributed by atoms with Gasteiger partial charge < -0.3 is 15.4 Å². The largest absolute Gasteiger partial charge is 0.376 e. The van der Waals surface area contributed by atoms with Gasteiger partial charge >= 0.3 is 0 Å². The first-order valence-corrected chi connectivity index (χ1v) is 6.86. The monoisotopic (exact) mass is 266 g/mol. The highest BCUT2D eigenvalue weighted by Gasteiger charge is 2.15. The average Bonchev–Trinajstić information content (AvgIpc) is 2.98. The van der Waals surface area contributed by atoms with Gasteiger partial charge in [0.1, 0.15) is 6.04 Å². The second kappa shape index (κ2) is 7.25. The zero-order valence-corrected chi connectivity index (χ0v) is 11.3. The molecule has 1 fully saturated rings. The fourth-order valence-electron chi connectivity index (χ4n) is 2.14. The minimum atomic E-state index is -0.283. The van der Waals surface area contributed by atoms with E-state index < -0.39 is 0 Å². The Bertz CT molecular complexity index is 374. The van der Waals surface area contributed by atoms with Crippen molar-refractivity contribution in [2.75, 3.05) is 26.2 Å². The number of carbonyl (C=O) groups excluding carboxylic acids is 1. The summed E-state index contributed by atoms with van der Waals surface area (Å²) in [5.74, 6) is -0.0300. The first-order valence-electron chi connectivity index (χ1n) is 6.86. The average molecular weight is 266 g/mol. The van der Waals surface area contributed by atoms with Crippen LogP contribution in [-0.4, -0.2) is 48.0 Å². The van der Waals surface area contributed by atoms with Crippen LogP contribution in [0.5, 0.6) is 0 Å². The van der Waals surface area contributed by atoms with Crippen LogP contribution in [0, 0.1) is 0 Å². The third kappa shape index (κ3) is 4.33. The molecule has 1 saturated heterocycles. The standard InChI is InChI=1S/C13H22N4O2/c1-11(17-9-2-5-16-17)13(18)15-8-10-19-12-3-6-14-7-4-12/h2,5,9,11-12,14H,3-4,6-8,10H2,1H3,(H,15,18). The molecule has 0 aromatic carbocycles. The van der Waals surface area contributed by atoms with Crippen LogP contribution < -0.4 is 10.6 Å². The van der Waals surface area contributed by atoms with Crippen molar-refractivity contribution >= 4 is 5.91 Å². The normalized spacial score (nSPS) is 18.2. The summed E-state index contributed by atoms with van der Waals surface area (Å²) in [7, 11) is 0. The summed E-state index contributed by atoms with van der Waals surface area (Å²) < 4.78 is 7.37. The highest BCUT2D eigenvalue weighted by Crippen LogP contribution is 2.06. The minimum Gasteiger partial charge on any atom is -0.376 e. The molecule has 0 aliphatic carbocycles. The molecule has 2 heterocycles. The van der Waals surface area contributed by atoms with Crippen LogP contribution in [0.3, 0.4) is 0 Å². The van der Waals surface area contributed by atoms with Gasteiger partial charge in [-0.3, -0.25) is 9.48 Å². The van der Waals surface area contributed by atoms with Crippen molar-refractivity contribution in [1.29, 1.82) is 0 Å². The second-order valence-corrected chi connectivity index (χ2v) is 4.77. The number of amides is 1. The maximum Gasteiger partial charge on any atom is 0.244 e. The van der Waals surface area contributed by atoms with Gasteiger partial charge in [0.2, 0.25) is 5.91 Å². The van der Waals surface area contributed by atoms with Crippen molar-refractivity contribution in [2.24, 2.45) is 0 Å². The molecule has 1 atom stereocenters. The highest BCUT2D eigenvalue weighted by molar-refractivity contribution is 5.79. The van der Waals surface area contributed by atoms with Crippen LogP contribution in [0.4, 0.5) is 0 Å². The second-order valence-electron chi connectivity index (χ2n) is 4.77. The summed E-state index contributed by atoms with van der Waals surface area (Å²) in [6, 6.07) is 1.53. The van der Waals surface area contributed by atoms with Crippen LogP contribution in [0.1, 0.15) is 25.8 Å². The van der Waals surface area contributed by atoms with E-state index in [2.05, 4.69) is 15.7 Å². The Morgan fingerprint density at radius 3 is 3.05 bits per heavy atom. The number of carbonyl (C=O) groups is 1. The van der Waals surface area contributed by atoms with E-state index in [1.807, 2.05) is 13.0 Å². The van der Waals surface area contributed by atoms with E-state index in [9.17, 15) is 4.79 Å². The van der Waals surface area contributed by atoms with Gasteiger partial charge in [-0.05, 0) is 38.9 Å². The summed E-state index contributed by atoms with van der Waals surface area (Å²) >= 11 is 0. The van der Waals surface area contributed by atoms with E-state index >= 15 is 0 Å². The first kappa shape index (κ1) is 14.0. The Labute approximate surface area is 113 Å². The summed E-state index contributed by atoms with van der Waals surface area (Å²) in [6.45, 7) is 4.99.